The molecule has 0 saturated carbocycles. The first-order valence-electron chi connectivity index (χ1n) is 7.18. The van der Waals surface area contributed by atoms with E-state index in [9.17, 15) is 4.79 Å². The van der Waals surface area contributed by atoms with Crippen molar-refractivity contribution in [2.24, 2.45) is 5.10 Å². The Hall–Kier alpha value is -3.14. The van der Waals surface area contributed by atoms with E-state index in [4.69, 9.17) is 4.74 Å². The number of allylic oxidation sites excluding steroid dienone is 1. The van der Waals surface area contributed by atoms with Crippen LogP contribution in [0.15, 0.2) is 78.4 Å². The Morgan fingerprint density at radius 2 is 1.87 bits per heavy atom. The number of carbonyl (C=O) groups is 1. The molecule has 0 aliphatic rings. The van der Waals surface area contributed by atoms with E-state index in [0.717, 1.165) is 5.56 Å². The fourth-order valence-corrected chi connectivity index (χ4v) is 1.78. The molecule has 0 unspecified atom stereocenters. The molecule has 0 bridgehead atoms. The van der Waals surface area contributed by atoms with Crippen molar-refractivity contribution in [2.45, 2.75) is 0 Å². The van der Waals surface area contributed by atoms with Crippen molar-refractivity contribution in [2.75, 3.05) is 6.61 Å². The van der Waals surface area contributed by atoms with E-state index in [0.29, 0.717) is 17.9 Å². The number of rotatable bonds is 7. The maximum Gasteiger partial charge on any atom is 0.271 e. The van der Waals surface area contributed by atoms with Gasteiger partial charge < -0.3 is 4.74 Å². The zero-order chi connectivity index (χ0) is 16.3. The predicted octanol–water partition coefficient (Wildman–Crippen LogP) is 3.68. The number of amides is 1. The first-order chi connectivity index (χ1) is 11.3. The molecule has 23 heavy (non-hydrogen) atoms. The Bertz CT molecular complexity index is 689. The van der Waals surface area contributed by atoms with E-state index in [1.807, 2.05) is 36.4 Å². The van der Waals surface area contributed by atoms with Crippen LogP contribution in [0, 0.1) is 0 Å². The van der Waals surface area contributed by atoms with Gasteiger partial charge in [0.1, 0.15) is 12.4 Å². The topological polar surface area (TPSA) is 50.7 Å². The van der Waals surface area contributed by atoms with Crippen molar-refractivity contribution in [1.82, 2.24) is 5.43 Å². The summed E-state index contributed by atoms with van der Waals surface area (Å²) < 4.78 is 5.36. The first-order valence-corrected chi connectivity index (χ1v) is 7.18. The molecule has 1 N–H and O–H groups in total. The zero-order valence-electron chi connectivity index (χ0n) is 12.7. The average Bonchev–Trinajstić information content (AvgIpc) is 2.61. The largest absolute Gasteiger partial charge is 0.490 e. The van der Waals surface area contributed by atoms with Gasteiger partial charge in [0.25, 0.3) is 5.91 Å². The van der Waals surface area contributed by atoms with Crippen LogP contribution in [0.4, 0.5) is 0 Å². The van der Waals surface area contributed by atoms with Gasteiger partial charge in [0, 0.05) is 11.8 Å². The number of ether oxygens (including phenoxy) is 1. The van der Waals surface area contributed by atoms with Crippen LogP contribution in [0.5, 0.6) is 5.75 Å². The van der Waals surface area contributed by atoms with Crippen molar-refractivity contribution in [1.29, 1.82) is 0 Å². The Kier molecular flexibility index (Phi) is 6.35. The summed E-state index contributed by atoms with van der Waals surface area (Å²) in [6, 6.07) is 16.7. The van der Waals surface area contributed by atoms with Gasteiger partial charge in [-0.1, -0.05) is 49.1 Å². The highest BCUT2D eigenvalue weighted by molar-refractivity contribution is 5.94. The van der Waals surface area contributed by atoms with Crippen molar-refractivity contribution in [3.05, 3.63) is 84.5 Å². The molecule has 2 aromatic carbocycles. The van der Waals surface area contributed by atoms with E-state index in [1.54, 1.807) is 36.4 Å². The molecule has 0 aliphatic carbocycles. The fourth-order valence-electron chi connectivity index (χ4n) is 1.78. The van der Waals surface area contributed by atoms with Gasteiger partial charge in [-0.2, -0.15) is 5.10 Å². The molecule has 0 aliphatic heterocycles. The second-order valence-corrected chi connectivity index (χ2v) is 4.61. The highest BCUT2D eigenvalue weighted by Gasteiger charge is 2.03. The summed E-state index contributed by atoms with van der Waals surface area (Å²) in [6.07, 6.45) is 6.87. The molecule has 0 radical (unpaired) electrons. The summed E-state index contributed by atoms with van der Waals surface area (Å²) in [5, 5.41) is 3.88. The van der Waals surface area contributed by atoms with E-state index in [2.05, 4.69) is 17.1 Å². The molecule has 1 amide bonds. The van der Waals surface area contributed by atoms with Gasteiger partial charge in [0.05, 0.1) is 0 Å². The standard InChI is InChI=1S/C19H18N2O2/c1-2-15-23-18-12-10-17(11-13-18)19(22)21-20-14-6-9-16-7-4-3-5-8-16/h2-14H,1,15H2,(H,21,22)/b9-6+,20-14+. The predicted molar refractivity (Wildman–Crippen MR) is 93.6 cm³/mol. The summed E-state index contributed by atoms with van der Waals surface area (Å²) in [6.45, 7) is 4.01. The Morgan fingerprint density at radius 1 is 1.13 bits per heavy atom. The molecule has 0 aromatic heterocycles. The van der Waals surface area contributed by atoms with Crippen LogP contribution in [0.3, 0.4) is 0 Å². The quantitative estimate of drug-likeness (QED) is 0.482. The molecule has 0 fully saturated rings. The molecule has 0 atom stereocenters. The van der Waals surface area contributed by atoms with Crippen LogP contribution in [-0.2, 0) is 0 Å². The molecule has 0 heterocycles. The summed E-state index contributed by atoms with van der Waals surface area (Å²) in [5.41, 5.74) is 4.05. The Balaban J connectivity index is 1.83. The molecular formula is C19H18N2O2. The third-order valence-corrected chi connectivity index (χ3v) is 2.90. The van der Waals surface area contributed by atoms with Crippen LogP contribution >= 0.6 is 0 Å². The molecular weight excluding hydrogens is 288 g/mol. The number of hydrazone groups is 1. The second-order valence-electron chi connectivity index (χ2n) is 4.61. The highest BCUT2D eigenvalue weighted by Crippen LogP contribution is 2.12. The van der Waals surface area contributed by atoms with Gasteiger partial charge in [-0.15, -0.1) is 0 Å². The van der Waals surface area contributed by atoms with Gasteiger partial charge in [-0.05, 0) is 35.9 Å². The van der Waals surface area contributed by atoms with E-state index >= 15 is 0 Å². The normalized spacial score (nSPS) is 10.8. The Labute approximate surface area is 135 Å². The average molecular weight is 306 g/mol. The van der Waals surface area contributed by atoms with Gasteiger partial charge in [0.2, 0.25) is 0 Å². The van der Waals surface area contributed by atoms with Gasteiger partial charge >= 0.3 is 0 Å². The first kappa shape index (κ1) is 16.2. The minimum Gasteiger partial charge on any atom is -0.490 e. The van der Waals surface area contributed by atoms with Crippen LogP contribution in [0.2, 0.25) is 0 Å². The number of hydrogen-bond acceptors (Lipinski definition) is 3. The molecule has 2 aromatic rings. The van der Waals surface area contributed by atoms with Crippen molar-refractivity contribution in [3.63, 3.8) is 0 Å². The number of nitrogens with one attached hydrogen (secondary N) is 1. The van der Waals surface area contributed by atoms with Crippen molar-refractivity contribution in [3.8, 4) is 5.75 Å². The number of nitrogens with zero attached hydrogens (tertiary/aromatic N) is 1. The lowest BCUT2D eigenvalue weighted by molar-refractivity contribution is 0.0955. The number of benzene rings is 2. The van der Waals surface area contributed by atoms with Crippen molar-refractivity contribution >= 4 is 18.2 Å². The lowest BCUT2D eigenvalue weighted by atomic mass is 10.2. The number of carbonyl (C=O) groups excluding carboxylic acids is 1. The van der Waals surface area contributed by atoms with Crippen molar-refractivity contribution < 1.29 is 9.53 Å². The van der Waals surface area contributed by atoms with E-state index < -0.39 is 0 Å². The zero-order valence-corrected chi connectivity index (χ0v) is 12.7. The summed E-state index contributed by atoms with van der Waals surface area (Å²) in [4.78, 5) is 11.9. The van der Waals surface area contributed by atoms with Gasteiger partial charge in [0.15, 0.2) is 0 Å². The monoisotopic (exact) mass is 306 g/mol. The third kappa shape index (κ3) is 5.63. The van der Waals surface area contributed by atoms with Crippen LogP contribution in [0.25, 0.3) is 6.08 Å². The smallest absolute Gasteiger partial charge is 0.271 e. The summed E-state index contributed by atoms with van der Waals surface area (Å²) in [7, 11) is 0. The fraction of sp³-hybridized carbons (Fsp3) is 0.0526. The lowest BCUT2D eigenvalue weighted by Crippen LogP contribution is -2.17. The van der Waals surface area contributed by atoms with Gasteiger partial charge in [-0.3, -0.25) is 4.79 Å². The maximum absolute atomic E-state index is 11.9. The maximum atomic E-state index is 11.9. The summed E-state index contributed by atoms with van der Waals surface area (Å²) >= 11 is 0. The molecule has 0 spiro atoms. The molecule has 2 rings (SSSR count). The van der Waals surface area contributed by atoms with Crippen LogP contribution in [-0.4, -0.2) is 18.7 Å². The molecule has 116 valence electrons. The number of hydrogen-bond donors (Lipinski definition) is 1. The minimum atomic E-state index is -0.273. The SMILES string of the molecule is C=CCOc1ccc(C(=O)N/N=C/C=C/c2ccccc2)cc1. The van der Waals surface area contributed by atoms with Crippen LogP contribution in [0.1, 0.15) is 15.9 Å². The molecule has 4 heteroatoms. The Morgan fingerprint density at radius 3 is 2.57 bits per heavy atom. The second kappa shape index (κ2) is 9.00. The molecule has 0 saturated heterocycles. The molecule has 4 nitrogen and oxygen atoms in total. The minimum absolute atomic E-state index is 0.273. The van der Waals surface area contributed by atoms with Gasteiger partial charge in [-0.25, -0.2) is 5.43 Å². The summed E-state index contributed by atoms with van der Waals surface area (Å²) in [5.74, 6) is 0.417. The third-order valence-electron chi connectivity index (χ3n) is 2.90. The van der Waals surface area contributed by atoms with Crippen LogP contribution < -0.4 is 10.2 Å². The van der Waals surface area contributed by atoms with E-state index in [-0.39, 0.29) is 5.91 Å². The van der Waals surface area contributed by atoms with E-state index in [1.165, 1.54) is 6.21 Å². The highest BCUT2D eigenvalue weighted by atomic mass is 16.5. The lowest BCUT2D eigenvalue weighted by Gasteiger charge is -2.04.